The van der Waals surface area contributed by atoms with Gasteiger partial charge >= 0.3 is 0 Å². The zero-order valence-corrected chi connectivity index (χ0v) is 13.2. The molecule has 2 N–H and O–H groups in total. The summed E-state index contributed by atoms with van der Waals surface area (Å²) < 4.78 is 0. The first-order chi connectivity index (χ1) is 8.06. The Morgan fingerprint density at radius 2 is 2.22 bits per heavy atom. The zero-order chi connectivity index (χ0) is 12.4. The van der Waals surface area contributed by atoms with Crippen molar-refractivity contribution in [2.75, 3.05) is 13.1 Å². The standard InChI is InChI=1S/C14H24N2S.ClH/c1-10-7-14(12(3)17-10)9-16-6-4-5-13(8-16)11(2)15;/h7,11,13H,4-6,8-9,15H2,1-3H3;1H. The third kappa shape index (κ3) is 3.95. The van der Waals surface area contributed by atoms with Gasteiger partial charge < -0.3 is 5.73 Å². The van der Waals surface area contributed by atoms with Crippen molar-refractivity contribution >= 4 is 23.7 Å². The second-order valence-electron chi connectivity index (χ2n) is 5.44. The Kier molecular flexibility index (Phi) is 6.12. The second kappa shape index (κ2) is 6.90. The number of likely N-dealkylation sites (tertiary alicyclic amines) is 1. The van der Waals surface area contributed by atoms with Crippen molar-refractivity contribution < 1.29 is 0 Å². The van der Waals surface area contributed by atoms with Crippen molar-refractivity contribution in [3.63, 3.8) is 0 Å². The number of rotatable bonds is 3. The molecule has 1 fully saturated rings. The van der Waals surface area contributed by atoms with Crippen LogP contribution in [0.2, 0.25) is 0 Å². The van der Waals surface area contributed by atoms with Crippen molar-refractivity contribution in [3.8, 4) is 0 Å². The summed E-state index contributed by atoms with van der Waals surface area (Å²) in [5.74, 6) is 0.684. The molecule has 18 heavy (non-hydrogen) atoms. The van der Waals surface area contributed by atoms with Crippen LogP contribution in [0.15, 0.2) is 6.07 Å². The summed E-state index contributed by atoms with van der Waals surface area (Å²) in [4.78, 5) is 5.48. The summed E-state index contributed by atoms with van der Waals surface area (Å²) in [5, 5.41) is 0. The first-order valence-corrected chi connectivity index (χ1v) is 7.41. The summed E-state index contributed by atoms with van der Waals surface area (Å²) in [7, 11) is 0. The van der Waals surface area contributed by atoms with E-state index >= 15 is 0 Å². The van der Waals surface area contributed by atoms with Gasteiger partial charge in [0.15, 0.2) is 0 Å². The Morgan fingerprint density at radius 1 is 1.50 bits per heavy atom. The molecule has 4 heteroatoms. The average molecular weight is 289 g/mol. The SMILES string of the molecule is Cc1cc(CN2CCCC(C(C)N)C2)c(C)s1.Cl. The van der Waals surface area contributed by atoms with Crippen LogP contribution in [0.4, 0.5) is 0 Å². The lowest BCUT2D eigenvalue weighted by molar-refractivity contribution is 0.154. The molecular formula is C14H25ClN2S. The lowest BCUT2D eigenvalue weighted by atomic mass is 9.92. The number of piperidine rings is 1. The first-order valence-electron chi connectivity index (χ1n) is 6.60. The van der Waals surface area contributed by atoms with Crippen LogP contribution < -0.4 is 5.73 Å². The van der Waals surface area contributed by atoms with Gasteiger partial charge in [0.25, 0.3) is 0 Å². The molecule has 2 nitrogen and oxygen atoms in total. The summed E-state index contributed by atoms with van der Waals surface area (Å²) in [6.45, 7) is 10.1. The van der Waals surface area contributed by atoms with E-state index in [1.807, 2.05) is 11.3 Å². The minimum atomic E-state index is 0. The smallest absolute Gasteiger partial charge is 0.0244 e. The van der Waals surface area contributed by atoms with Crippen LogP contribution >= 0.6 is 23.7 Å². The van der Waals surface area contributed by atoms with Gasteiger partial charge in [0.2, 0.25) is 0 Å². The van der Waals surface area contributed by atoms with Gasteiger partial charge in [-0.1, -0.05) is 0 Å². The van der Waals surface area contributed by atoms with Crippen LogP contribution in [-0.4, -0.2) is 24.0 Å². The highest BCUT2D eigenvalue weighted by Gasteiger charge is 2.23. The lowest BCUT2D eigenvalue weighted by Crippen LogP contribution is -2.41. The molecule has 0 aromatic carbocycles. The minimum Gasteiger partial charge on any atom is -0.328 e. The Hall–Kier alpha value is -0.0900. The molecule has 2 unspecified atom stereocenters. The van der Waals surface area contributed by atoms with Gasteiger partial charge in [0.05, 0.1) is 0 Å². The van der Waals surface area contributed by atoms with Gasteiger partial charge in [0.1, 0.15) is 0 Å². The van der Waals surface area contributed by atoms with Crippen LogP contribution in [0.25, 0.3) is 0 Å². The predicted molar refractivity (Wildman–Crippen MR) is 82.7 cm³/mol. The third-order valence-electron chi connectivity index (χ3n) is 3.82. The normalized spacial score (nSPS) is 22.6. The summed E-state index contributed by atoms with van der Waals surface area (Å²) in [5.41, 5.74) is 7.54. The van der Waals surface area contributed by atoms with Crippen LogP contribution in [0.1, 0.15) is 35.1 Å². The molecule has 0 aliphatic carbocycles. The highest BCUT2D eigenvalue weighted by Crippen LogP contribution is 2.25. The minimum absolute atomic E-state index is 0. The van der Waals surface area contributed by atoms with Gasteiger partial charge in [-0.15, -0.1) is 23.7 Å². The van der Waals surface area contributed by atoms with E-state index in [-0.39, 0.29) is 12.4 Å². The zero-order valence-electron chi connectivity index (χ0n) is 11.6. The fourth-order valence-corrected chi connectivity index (χ4v) is 3.68. The molecular weight excluding hydrogens is 264 g/mol. The van der Waals surface area contributed by atoms with E-state index in [4.69, 9.17) is 5.73 Å². The van der Waals surface area contributed by atoms with Gasteiger partial charge in [-0.3, -0.25) is 4.90 Å². The highest BCUT2D eigenvalue weighted by molar-refractivity contribution is 7.12. The Bertz CT molecular complexity index is 376. The van der Waals surface area contributed by atoms with Crippen molar-refractivity contribution in [1.29, 1.82) is 0 Å². The number of thiophene rings is 1. The van der Waals surface area contributed by atoms with Crippen molar-refractivity contribution in [3.05, 3.63) is 21.4 Å². The maximum atomic E-state index is 6.03. The van der Waals surface area contributed by atoms with E-state index in [0.29, 0.717) is 12.0 Å². The number of nitrogens with two attached hydrogens (primary N) is 1. The topological polar surface area (TPSA) is 29.3 Å². The number of halogens is 1. The van der Waals surface area contributed by atoms with Crippen LogP contribution in [0.5, 0.6) is 0 Å². The Balaban J connectivity index is 0.00000162. The van der Waals surface area contributed by atoms with Gasteiger partial charge in [-0.25, -0.2) is 0 Å². The fourth-order valence-electron chi connectivity index (χ4n) is 2.75. The van der Waals surface area contributed by atoms with E-state index < -0.39 is 0 Å². The molecule has 2 atom stereocenters. The molecule has 1 saturated heterocycles. The molecule has 104 valence electrons. The molecule has 1 aromatic heterocycles. The van der Waals surface area contributed by atoms with E-state index in [1.165, 1.54) is 41.2 Å². The summed E-state index contributed by atoms with van der Waals surface area (Å²) in [6.07, 6.45) is 2.60. The fraction of sp³-hybridized carbons (Fsp3) is 0.714. The maximum absolute atomic E-state index is 6.03. The van der Waals surface area contributed by atoms with E-state index in [0.717, 1.165) is 6.54 Å². The monoisotopic (exact) mass is 288 g/mol. The maximum Gasteiger partial charge on any atom is 0.0244 e. The van der Waals surface area contributed by atoms with Crippen molar-refractivity contribution in [2.24, 2.45) is 11.7 Å². The first kappa shape index (κ1) is 16.0. The van der Waals surface area contributed by atoms with E-state index in [9.17, 15) is 0 Å². The average Bonchev–Trinajstić information content (AvgIpc) is 2.58. The van der Waals surface area contributed by atoms with Crippen LogP contribution in [0.3, 0.4) is 0 Å². The second-order valence-corrected chi connectivity index (χ2v) is 6.90. The van der Waals surface area contributed by atoms with Crippen LogP contribution in [0, 0.1) is 19.8 Å². The molecule has 0 saturated carbocycles. The molecule has 2 heterocycles. The van der Waals surface area contributed by atoms with E-state index in [2.05, 4.69) is 31.7 Å². The number of nitrogens with zero attached hydrogens (tertiary/aromatic N) is 1. The van der Waals surface area contributed by atoms with Crippen molar-refractivity contribution in [1.82, 2.24) is 4.90 Å². The predicted octanol–water partition coefficient (Wildman–Crippen LogP) is 3.35. The summed E-state index contributed by atoms with van der Waals surface area (Å²) >= 11 is 1.91. The molecule has 1 aromatic rings. The quantitative estimate of drug-likeness (QED) is 0.924. The molecule has 0 bridgehead atoms. The number of hydrogen-bond acceptors (Lipinski definition) is 3. The highest BCUT2D eigenvalue weighted by atomic mass is 35.5. The van der Waals surface area contributed by atoms with Gasteiger partial charge in [-0.2, -0.15) is 0 Å². The van der Waals surface area contributed by atoms with Gasteiger partial charge in [-0.05, 0) is 57.7 Å². The Morgan fingerprint density at radius 3 is 2.78 bits per heavy atom. The molecule has 0 radical (unpaired) electrons. The summed E-state index contributed by atoms with van der Waals surface area (Å²) in [6, 6.07) is 2.68. The molecule has 1 aliphatic heterocycles. The van der Waals surface area contributed by atoms with Crippen LogP contribution in [-0.2, 0) is 6.54 Å². The number of aryl methyl sites for hydroxylation is 2. The molecule has 0 amide bonds. The van der Waals surface area contributed by atoms with Gasteiger partial charge in [0, 0.05) is 28.9 Å². The van der Waals surface area contributed by atoms with Crippen molar-refractivity contribution in [2.45, 2.75) is 46.2 Å². The lowest BCUT2D eigenvalue weighted by Gasteiger charge is -2.34. The third-order valence-corrected chi connectivity index (χ3v) is 4.83. The van der Waals surface area contributed by atoms with E-state index in [1.54, 1.807) is 0 Å². The largest absolute Gasteiger partial charge is 0.328 e. The molecule has 1 aliphatic rings. The Labute approximate surface area is 121 Å². The number of hydrogen-bond donors (Lipinski definition) is 1. The molecule has 0 spiro atoms. The molecule has 2 rings (SSSR count).